The molecule has 0 saturated heterocycles. The summed E-state index contributed by atoms with van der Waals surface area (Å²) < 4.78 is 0. The topological polar surface area (TPSA) is 57.8 Å². The van der Waals surface area contributed by atoms with Crippen molar-refractivity contribution in [2.75, 3.05) is 11.1 Å². The van der Waals surface area contributed by atoms with Gasteiger partial charge in [-0.05, 0) is 41.7 Å². The molecular weight excluding hydrogens is 330 g/mol. The minimum absolute atomic E-state index is 0.0202. The lowest BCUT2D eigenvalue weighted by atomic mass is 9.86. The predicted octanol–water partition coefficient (Wildman–Crippen LogP) is 4.90. The zero-order valence-corrected chi connectivity index (χ0v) is 15.8. The molecule has 25 heavy (non-hydrogen) atoms. The molecule has 0 unspecified atom stereocenters. The van der Waals surface area contributed by atoms with E-state index in [-0.39, 0.29) is 11.3 Å². The highest BCUT2D eigenvalue weighted by Gasteiger charge is 2.18. The average molecular weight is 353 g/mol. The number of nitrogens with zero attached hydrogens (tertiary/aromatic N) is 1. The SMILES string of the molecule is Cc1ccc2nc(SCC(=O)Nc3ccccc3C(C)(C)C)[nH]c2c1. The Bertz CT molecular complexity index is 909. The third-order valence-electron chi connectivity index (χ3n) is 3.96. The maximum absolute atomic E-state index is 12.4. The molecule has 3 rings (SSSR count). The number of hydrogen-bond acceptors (Lipinski definition) is 3. The van der Waals surface area contributed by atoms with Gasteiger partial charge >= 0.3 is 0 Å². The predicted molar refractivity (Wildman–Crippen MR) is 105 cm³/mol. The number of nitrogens with one attached hydrogen (secondary N) is 2. The molecule has 0 spiro atoms. The van der Waals surface area contributed by atoms with Crippen molar-refractivity contribution in [3.8, 4) is 0 Å². The van der Waals surface area contributed by atoms with Gasteiger partial charge in [-0.1, -0.05) is 56.8 Å². The first-order valence-electron chi connectivity index (χ1n) is 8.31. The number of thioether (sulfide) groups is 1. The van der Waals surface area contributed by atoms with Gasteiger partial charge in [0.1, 0.15) is 0 Å². The second-order valence-electron chi connectivity index (χ2n) is 7.19. The third-order valence-corrected chi connectivity index (χ3v) is 4.84. The van der Waals surface area contributed by atoms with Crippen LogP contribution in [-0.2, 0) is 10.2 Å². The number of carbonyl (C=O) groups is 1. The Morgan fingerprint density at radius 3 is 2.72 bits per heavy atom. The normalized spacial score (nSPS) is 11.7. The van der Waals surface area contributed by atoms with Gasteiger partial charge in [-0.25, -0.2) is 4.98 Å². The summed E-state index contributed by atoms with van der Waals surface area (Å²) in [6.45, 7) is 8.47. The van der Waals surface area contributed by atoms with Crippen LogP contribution in [0.4, 0.5) is 5.69 Å². The summed E-state index contributed by atoms with van der Waals surface area (Å²) >= 11 is 1.41. The molecule has 0 saturated carbocycles. The zero-order chi connectivity index (χ0) is 18.0. The number of aromatic nitrogens is 2. The number of aromatic amines is 1. The van der Waals surface area contributed by atoms with Gasteiger partial charge in [0.05, 0.1) is 16.8 Å². The number of H-pyrrole nitrogens is 1. The van der Waals surface area contributed by atoms with Crippen molar-refractivity contribution in [2.45, 2.75) is 38.3 Å². The summed E-state index contributed by atoms with van der Waals surface area (Å²) in [6, 6.07) is 14.0. The molecule has 0 aliphatic carbocycles. The molecule has 1 aromatic heterocycles. The highest BCUT2D eigenvalue weighted by molar-refractivity contribution is 7.99. The summed E-state index contributed by atoms with van der Waals surface area (Å²) in [7, 11) is 0. The van der Waals surface area contributed by atoms with E-state index in [2.05, 4.69) is 48.2 Å². The molecular formula is C20H23N3OS. The highest BCUT2D eigenvalue weighted by Crippen LogP contribution is 2.29. The smallest absolute Gasteiger partial charge is 0.234 e. The lowest BCUT2D eigenvalue weighted by Gasteiger charge is -2.22. The minimum Gasteiger partial charge on any atom is -0.333 e. The Kier molecular flexibility index (Phi) is 4.86. The van der Waals surface area contributed by atoms with Crippen LogP contribution in [0.3, 0.4) is 0 Å². The van der Waals surface area contributed by atoms with Gasteiger partial charge in [0.2, 0.25) is 5.91 Å². The van der Waals surface area contributed by atoms with E-state index in [0.29, 0.717) is 5.75 Å². The first-order valence-corrected chi connectivity index (χ1v) is 9.30. The first-order chi connectivity index (χ1) is 11.8. The number of anilines is 1. The van der Waals surface area contributed by atoms with Crippen molar-refractivity contribution in [2.24, 2.45) is 0 Å². The number of fused-ring (bicyclic) bond motifs is 1. The van der Waals surface area contributed by atoms with Crippen LogP contribution in [0.25, 0.3) is 11.0 Å². The van der Waals surface area contributed by atoms with Crippen molar-refractivity contribution >= 4 is 34.4 Å². The fourth-order valence-electron chi connectivity index (χ4n) is 2.73. The standard InChI is InChI=1S/C20H23N3OS/c1-13-9-10-16-17(11-13)23-19(22-16)25-12-18(24)21-15-8-6-5-7-14(15)20(2,3)4/h5-11H,12H2,1-4H3,(H,21,24)(H,22,23). The lowest BCUT2D eigenvalue weighted by molar-refractivity contribution is -0.113. The van der Waals surface area contributed by atoms with Crippen LogP contribution >= 0.6 is 11.8 Å². The van der Waals surface area contributed by atoms with Crippen LogP contribution in [0.15, 0.2) is 47.6 Å². The van der Waals surface area contributed by atoms with Crippen LogP contribution < -0.4 is 5.32 Å². The van der Waals surface area contributed by atoms with E-state index in [1.54, 1.807) is 0 Å². The van der Waals surface area contributed by atoms with E-state index in [1.165, 1.54) is 17.3 Å². The molecule has 0 radical (unpaired) electrons. The van der Waals surface area contributed by atoms with Gasteiger partial charge in [-0.3, -0.25) is 4.79 Å². The fourth-order valence-corrected chi connectivity index (χ4v) is 3.42. The molecule has 0 bridgehead atoms. The van der Waals surface area contributed by atoms with Crippen LogP contribution in [-0.4, -0.2) is 21.6 Å². The van der Waals surface area contributed by atoms with Crippen molar-refractivity contribution in [1.82, 2.24) is 9.97 Å². The van der Waals surface area contributed by atoms with Crippen molar-refractivity contribution < 1.29 is 4.79 Å². The second-order valence-corrected chi connectivity index (χ2v) is 8.16. The van der Waals surface area contributed by atoms with Crippen LogP contribution in [0, 0.1) is 6.92 Å². The molecule has 3 aromatic rings. The van der Waals surface area contributed by atoms with Gasteiger partial charge in [0.25, 0.3) is 0 Å². The van der Waals surface area contributed by atoms with Gasteiger partial charge < -0.3 is 10.3 Å². The largest absolute Gasteiger partial charge is 0.333 e. The fraction of sp³-hybridized carbons (Fsp3) is 0.300. The second kappa shape index (κ2) is 6.92. The molecule has 0 aliphatic rings. The number of carbonyl (C=O) groups excluding carboxylic acids is 1. The molecule has 1 heterocycles. The molecule has 2 aromatic carbocycles. The maximum Gasteiger partial charge on any atom is 0.234 e. The zero-order valence-electron chi connectivity index (χ0n) is 15.0. The number of rotatable bonds is 4. The summed E-state index contributed by atoms with van der Waals surface area (Å²) in [5.41, 5.74) is 5.10. The number of imidazole rings is 1. The lowest BCUT2D eigenvalue weighted by Crippen LogP contribution is -2.19. The Morgan fingerprint density at radius 2 is 1.96 bits per heavy atom. The Balaban J connectivity index is 1.67. The van der Waals surface area contributed by atoms with Crippen molar-refractivity contribution in [3.63, 3.8) is 0 Å². The van der Waals surface area contributed by atoms with E-state index in [0.717, 1.165) is 27.4 Å². The molecule has 4 nitrogen and oxygen atoms in total. The van der Waals surface area contributed by atoms with E-state index in [4.69, 9.17) is 0 Å². The number of amides is 1. The molecule has 0 aliphatic heterocycles. The van der Waals surface area contributed by atoms with E-state index >= 15 is 0 Å². The number of hydrogen-bond donors (Lipinski definition) is 2. The van der Waals surface area contributed by atoms with Crippen LogP contribution in [0.2, 0.25) is 0 Å². The van der Waals surface area contributed by atoms with Gasteiger partial charge in [-0.2, -0.15) is 0 Å². The highest BCUT2D eigenvalue weighted by atomic mass is 32.2. The van der Waals surface area contributed by atoms with E-state index in [9.17, 15) is 4.79 Å². The van der Waals surface area contributed by atoms with Crippen LogP contribution in [0.1, 0.15) is 31.9 Å². The summed E-state index contributed by atoms with van der Waals surface area (Å²) in [6.07, 6.45) is 0. The summed E-state index contributed by atoms with van der Waals surface area (Å²) in [5, 5.41) is 3.79. The monoisotopic (exact) mass is 353 g/mol. The van der Waals surface area contributed by atoms with Crippen molar-refractivity contribution in [3.05, 3.63) is 53.6 Å². The molecule has 2 N–H and O–H groups in total. The minimum atomic E-state index is -0.0293. The third kappa shape index (κ3) is 4.23. The van der Waals surface area contributed by atoms with Gasteiger partial charge in [0.15, 0.2) is 5.16 Å². The summed E-state index contributed by atoms with van der Waals surface area (Å²) in [5.74, 6) is 0.287. The van der Waals surface area contributed by atoms with Crippen LogP contribution in [0.5, 0.6) is 0 Å². The maximum atomic E-state index is 12.4. The molecule has 1 amide bonds. The molecule has 0 atom stereocenters. The first kappa shape index (κ1) is 17.5. The Morgan fingerprint density at radius 1 is 1.20 bits per heavy atom. The number of aryl methyl sites for hydroxylation is 1. The summed E-state index contributed by atoms with van der Waals surface area (Å²) in [4.78, 5) is 20.1. The average Bonchev–Trinajstić information content (AvgIpc) is 2.94. The Hall–Kier alpha value is -2.27. The Labute approximate surface area is 152 Å². The molecule has 0 fully saturated rings. The van der Waals surface area contributed by atoms with Gasteiger partial charge in [0, 0.05) is 5.69 Å². The number of benzene rings is 2. The molecule has 5 heteroatoms. The quantitative estimate of drug-likeness (QED) is 0.656. The van der Waals surface area contributed by atoms with Crippen molar-refractivity contribution in [1.29, 1.82) is 0 Å². The van der Waals surface area contributed by atoms with Gasteiger partial charge in [-0.15, -0.1) is 0 Å². The molecule has 130 valence electrons. The van der Waals surface area contributed by atoms with E-state index < -0.39 is 0 Å². The number of para-hydroxylation sites is 1. The van der Waals surface area contributed by atoms with E-state index in [1.807, 2.05) is 37.3 Å².